The third-order valence-corrected chi connectivity index (χ3v) is 2.89. The number of nitrogens with zero attached hydrogens (tertiary/aromatic N) is 3. The second kappa shape index (κ2) is 7.28. The Morgan fingerprint density at radius 2 is 2.16 bits per heavy atom. The quantitative estimate of drug-likeness (QED) is 0.503. The number of carbonyl (C=O) groups is 1. The van der Waals surface area contributed by atoms with Crippen LogP contribution in [0.15, 0.2) is 27.9 Å². The van der Waals surface area contributed by atoms with Crippen molar-refractivity contribution in [3.63, 3.8) is 0 Å². The Bertz CT molecular complexity index is 789. The molecular formula is C14H12F4N4O3. The van der Waals surface area contributed by atoms with E-state index in [9.17, 15) is 22.4 Å². The van der Waals surface area contributed by atoms with E-state index in [1.165, 1.54) is 19.4 Å². The summed E-state index contributed by atoms with van der Waals surface area (Å²) in [5.74, 6) is -3.74. The average Bonchev–Trinajstić information content (AvgIpc) is 3.02. The van der Waals surface area contributed by atoms with Crippen LogP contribution in [0.5, 0.6) is 0 Å². The fourth-order valence-electron chi connectivity index (χ4n) is 1.77. The molecule has 1 atom stereocenters. The number of amides is 1. The van der Waals surface area contributed by atoms with E-state index in [1.54, 1.807) is 6.92 Å². The molecule has 1 N–H and O–H groups in total. The molecule has 0 saturated carbocycles. The first-order valence-electron chi connectivity index (χ1n) is 6.80. The minimum absolute atomic E-state index is 0.0431. The van der Waals surface area contributed by atoms with Crippen molar-refractivity contribution in [2.24, 2.45) is 5.16 Å². The first-order valence-corrected chi connectivity index (χ1v) is 6.80. The van der Waals surface area contributed by atoms with Crippen molar-refractivity contribution in [1.29, 1.82) is 0 Å². The molecule has 0 aliphatic heterocycles. The van der Waals surface area contributed by atoms with Crippen LogP contribution in [0.3, 0.4) is 0 Å². The number of benzene rings is 1. The average molecular weight is 360 g/mol. The topological polar surface area (TPSA) is 89.6 Å². The van der Waals surface area contributed by atoms with Gasteiger partial charge in [-0.05, 0) is 25.1 Å². The highest BCUT2D eigenvalue weighted by atomic mass is 19.4. The number of hydrogen-bond acceptors (Lipinski definition) is 6. The Hall–Kier alpha value is -2.98. The van der Waals surface area contributed by atoms with E-state index < -0.39 is 35.7 Å². The van der Waals surface area contributed by atoms with E-state index in [1.807, 2.05) is 0 Å². The van der Waals surface area contributed by atoms with Gasteiger partial charge in [-0.15, -0.1) is 0 Å². The van der Waals surface area contributed by atoms with Gasteiger partial charge in [-0.3, -0.25) is 4.79 Å². The van der Waals surface area contributed by atoms with Crippen LogP contribution in [0.4, 0.5) is 17.6 Å². The van der Waals surface area contributed by atoms with Crippen LogP contribution in [0, 0.1) is 5.82 Å². The predicted octanol–water partition coefficient (Wildman–Crippen LogP) is 2.65. The predicted molar refractivity (Wildman–Crippen MR) is 77.1 cm³/mol. The van der Waals surface area contributed by atoms with Crippen molar-refractivity contribution in [3.8, 4) is 11.4 Å². The van der Waals surface area contributed by atoms with Crippen molar-refractivity contribution in [2.75, 3.05) is 7.11 Å². The van der Waals surface area contributed by atoms with Crippen molar-refractivity contribution in [3.05, 3.63) is 35.5 Å². The molecule has 0 aliphatic rings. The molecule has 1 aromatic heterocycles. The second-order valence-corrected chi connectivity index (χ2v) is 4.81. The lowest BCUT2D eigenvalue weighted by Gasteiger charge is -2.09. The lowest BCUT2D eigenvalue weighted by atomic mass is 10.1. The summed E-state index contributed by atoms with van der Waals surface area (Å²) in [5.41, 5.74) is -0.372. The van der Waals surface area contributed by atoms with Crippen LogP contribution in [0.2, 0.25) is 0 Å². The zero-order chi connectivity index (χ0) is 18.6. The van der Waals surface area contributed by atoms with Gasteiger partial charge in [0.25, 0.3) is 5.91 Å². The van der Waals surface area contributed by atoms with Gasteiger partial charge in [0.2, 0.25) is 5.82 Å². The van der Waals surface area contributed by atoms with Gasteiger partial charge >= 0.3 is 12.1 Å². The summed E-state index contributed by atoms with van der Waals surface area (Å²) >= 11 is 0. The lowest BCUT2D eigenvalue weighted by molar-refractivity contribution is -0.159. The molecule has 2 rings (SSSR count). The normalized spacial score (nSPS) is 13.0. The summed E-state index contributed by atoms with van der Waals surface area (Å²) < 4.78 is 55.5. The zero-order valence-corrected chi connectivity index (χ0v) is 13.0. The monoisotopic (exact) mass is 360 g/mol. The molecule has 2 aromatic rings. The summed E-state index contributed by atoms with van der Waals surface area (Å²) in [7, 11) is 1.33. The summed E-state index contributed by atoms with van der Waals surface area (Å²) in [4.78, 5) is 19.5. The van der Waals surface area contributed by atoms with Crippen LogP contribution in [0.25, 0.3) is 11.4 Å². The number of nitrogens with one attached hydrogen (secondary N) is 1. The largest absolute Gasteiger partial charge is 0.471 e. The van der Waals surface area contributed by atoms with E-state index in [4.69, 9.17) is 0 Å². The molecule has 0 fully saturated rings. The fraction of sp³-hybridized carbons (Fsp3) is 0.286. The molecule has 1 aromatic carbocycles. The van der Waals surface area contributed by atoms with E-state index in [2.05, 4.69) is 30.0 Å². The van der Waals surface area contributed by atoms with Gasteiger partial charge in [-0.2, -0.15) is 18.2 Å². The number of rotatable bonds is 5. The molecule has 1 heterocycles. The first kappa shape index (κ1) is 18.4. The molecule has 134 valence electrons. The number of halogens is 4. The molecule has 0 spiro atoms. The number of aromatic nitrogens is 2. The number of hydrogen-bond donors (Lipinski definition) is 1. The minimum atomic E-state index is -4.83. The Balaban J connectivity index is 2.19. The Kier molecular flexibility index (Phi) is 5.35. The number of oxime groups is 1. The molecule has 0 saturated heterocycles. The number of carbonyl (C=O) groups excluding carboxylic acids is 1. The van der Waals surface area contributed by atoms with Gasteiger partial charge in [0.15, 0.2) is 0 Å². The third kappa shape index (κ3) is 4.52. The third-order valence-electron chi connectivity index (χ3n) is 2.89. The Morgan fingerprint density at radius 3 is 2.72 bits per heavy atom. The van der Waals surface area contributed by atoms with Crippen molar-refractivity contribution in [1.82, 2.24) is 15.5 Å². The first-order chi connectivity index (χ1) is 11.7. The standard InChI is InChI=1S/C14H12F4N4O3/c1-7(6-19-24-2)20-12(23)8-3-4-9(10(15)5-8)11-21-13(25-22-11)14(16,17)18/h3-7H,1-2H3,(H,20,23). The fourth-order valence-corrected chi connectivity index (χ4v) is 1.77. The second-order valence-electron chi connectivity index (χ2n) is 4.81. The highest BCUT2D eigenvalue weighted by molar-refractivity contribution is 5.96. The molecule has 1 unspecified atom stereocenters. The van der Waals surface area contributed by atoms with E-state index in [0.717, 1.165) is 12.1 Å². The zero-order valence-electron chi connectivity index (χ0n) is 13.0. The summed E-state index contributed by atoms with van der Waals surface area (Å²) in [6, 6.07) is 2.68. The van der Waals surface area contributed by atoms with Gasteiger partial charge in [-0.1, -0.05) is 10.3 Å². The highest BCUT2D eigenvalue weighted by Crippen LogP contribution is 2.30. The van der Waals surface area contributed by atoms with E-state index in [-0.39, 0.29) is 11.1 Å². The summed E-state index contributed by atoms with van der Waals surface area (Å²) in [5, 5.41) is 9.08. The van der Waals surface area contributed by atoms with Crippen molar-refractivity contribution < 1.29 is 31.7 Å². The van der Waals surface area contributed by atoms with Gasteiger partial charge in [0, 0.05) is 5.56 Å². The summed E-state index contributed by atoms with van der Waals surface area (Å²) in [6.45, 7) is 1.61. The van der Waals surface area contributed by atoms with E-state index in [0.29, 0.717) is 0 Å². The maximum Gasteiger partial charge on any atom is 0.471 e. The maximum atomic E-state index is 14.1. The molecule has 0 aliphatic carbocycles. The molecule has 25 heavy (non-hydrogen) atoms. The van der Waals surface area contributed by atoms with Crippen LogP contribution < -0.4 is 5.32 Å². The molecule has 11 heteroatoms. The van der Waals surface area contributed by atoms with Gasteiger partial charge in [-0.25, -0.2) is 4.39 Å². The Morgan fingerprint density at radius 1 is 1.44 bits per heavy atom. The molecule has 1 amide bonds. The van der Waals surface area contributed by atoms with Crippen LogP contribution in [0.1, 0.15) is 23.2 Å². The number of alkyl halides is 3. The molecule has 0 bridgehead atoms. The molecule has 7 nitrogen and oxygen atoms in total. The van der Waals surface area contributed by atoms with Crippen molar-refractivity contribution >= 4 is 12.1 Å². The maximum absolute atomic E-state index is 14.1. The summed E-state index contributed by atoms with van der Waals surface area (Å²) in [6.07, 6.45) is -3.51. The van der Waals surface area contributed by atoms with Crippen LogP contribution in [-0.4, -0.2) is 35.4 Å². The van der Waals surface area contributed by atoms with Crippen LogP contribution in [-0.2, 0) is 11.0 Å². The van der Waals surface area contributed by atoms with Crippen LogP contribution >= 0.6 is 0 Å². The molecule has 0 radical (unpaired) electrons. The van der Waals surface area contributed by atoms with E-state index >= 15 is 0 Å². The smallest absolute Gasteiger partial charge is 0.399 e. The Labute approximate surface area is 138 Å². The van der Waals surface area contributed by atoms with Gasteiger partial charge in [0.1, 0.15) is 12.9 Å². The van der Waals surface area contributed by atoms with Crippen molar-refractivity contribution in [2.45, 2.75) is 19.1 Å². The SMILES string of the molecule is CON=CC(C)NC(=O)c1ccc(-c2noc(C(F)(F)F)n2)c(F)c1. The molecular weight excluding hydrogens is 348 g/mol. The van der Waals surface area contributed by atoms with Gasteiger partial charge < -0.3 is 14.7 Å². The van der Waals surface area contributed by atoms with Gasteiger partial charge in [0.05, 0.1) is 17.8 Å². The highest BCUT2D eigenvalue weighted by Gasteiger charge is 2.38. The lowest BCUT2D eigenvalue weighted by Crippen LogP contribution is -2.33. The minimum Gasteiger partial charge on any atom is -0.399 e.